The molecule has 0 radical (unpaired) electrons. The van der Waals surface area contributed by atoms with E-state index in [0.29, 0.717) is 47.8 Å². The molecule has 6 nitrogen and oxygen atoms in total. The molecule has 0 aromatic carbocycles. The van der Waals surface area contributed by atoms with Crippen LogP contribution < -0.4 is 0 Å². The molecule has 2 heterocycles. The maximum Gasteiger partial charge on any atom is 0.211 e. The van der Waals surface area contributed by atoms with Crippen LogP contribution in [-0.2, 0) is 19.5 Å². The lowest BCUT2D eigenvalue weighted by Gasteiger charge is -2.59. The SMILES string of the molecule is CC1(C)C2CCC3C4CC5OC(CN(C6COC6)S(C)(=O)=O)CCC5[C@@]4(C)CC[C@]34CC24CC[C@@H]1O. The number of aliphatic hydroxyl groups is 1. The van der Waals surface area contributed by atoms with Crippen LogP contribution in [0.15, 0.2) is 0 Å². The average Bonchev–Trinajstić information content (AvgIpc) is 3.35. The molecule has 7 heteroatoms. The average molecular weight is 522 g/mol. The number of fused-ring (bicyclic) bond motifs is 4. The van der Waals surface area contributed by atoms with Crippen LogP contribution in [0.1, 0.15) is 85.0 Å². The molecule has 0 aromatic heterocycles. The highest BCUT2D eigenvalue weighted by Gasteiger charge is 2.80. The minimum atomic E-state index is -3.27. The van der Waals surface area contributed by atoms with E-state index in [4.69, 9.17) is 9.47 Å². The zero-order chi connectivity index (χ0) is 25.3. The highest BCUT2D eigenvalue weighted by molar-refractivity contribution is 7.88. The van der Waals surface area contributed by atoms with E-state index in [9.17, 15) is 13.5 Å². The fourth-order valence-electron chi connectivity index (χ4n) is 11.6. The summed E-state index contributed by atoms with van der Waals surface area (Å²) in [5, 5.41) is 10.9. The fourth-order valence-corrected chi connectivity index (χ4v) is 12.7. The molecule has 7 aliphatic rings. The molecular weight excluding hydrogens is 474 g/mol. The Labute approximate surface area is 217 Å². The molecule has 0 amide bonds. The highest BCUT2D eigenvalue weighted by atomic mass is 32.2. The summed E-state index contributed by atoms with van der Waals surface area (Å²) in [7, 11) is -3.27. The lowest BCUT2D eigenvalue weighted by molar-refractivity contribution is -0.136. The second-order valence-corrected chi connectivity index (χ2v) is 16.9. The molecule has 36 heavy (non-hydrogen) atoms. The van der Waals surface area contributed by atoms with Gasteiger partial charge in [-0.05, 0) is 110 Å². The van der Waals surface area contributed by atoms with Gasteiger partial charge in [0.05, 0.1) is 43.8 Å². The van der Waals surface area contributed by atoms with Crippen molar-refractivity contribution in [3.05, 3.63) is 0 Å². The van der Waals surface area contributed by atoms with Gasteiger partial charge in [0.15, 0.2) is 0 Å². The number of hydrogen-bond acceptors (Lipinski definition) is 5. The zero-order valence-corrected chi connectivity index (χ0v) is 23.6. The van der Waals surface area contributed by atoms with Gasteiger partial charge in [-0.15, -0.1) is 0 Å². The summed E-state index contributed by atoms with van der Waals surface area (Å²) in [6.45, 7) is 8.76. The molecule has 7 fully saturated rings. The van der Waals surface area contributed by atoms with Crippen molar-refractivity contribution in [2.75, 3.05) is 26.0 Å². The molecule has 10 atom stereocenters. The summed E-state index contributed by atoms with van der Waals surface area (Å²) < 4.78 is 38.8. The Kier molecular flexibility index (Phi) is 5.31. The number of nitrogens with zero attached hydrogens (tertiary/aromatic N) is 1. The van der Waals surface area contributed by atoms with Crippen LogP contribution in [0.25, 0.3) is 0 Å². The summed E-state index contributed by atoms with van der Waals surface area (Å²) in [5.41, 5.74) is 1.41. The van der Waals surface area contributed by atoms with Crippen molar-refractivity contribution in [3.63, 3.8) is 0 Å². The van der Waals surface area contributed by atoms with Crippen LogP contribution in [0.4, 0.5) is 0 Å². The quantitative estimate of drug-likeness (QED) is 0.600. The highest BCUT2D eigenvalue weighted by Crippen LogP contribution is 2.87. The Morgan fingerprint density at radius 1 is 0.917 bits per heavy atom. The van der Waals surface area contributed by atoms with Gasteiger partial charge < -0.3 is 14.6 Å². The molecule has 2 saturated heterocycles. The second kappa shape index (κ2) is 7.71. The summed E-state index contributed by atoms with van der Waals surface area (Å²) >= 11 is 0. The first-order valence-electron chi connectivity index (χ1n) is 14.8. The van der Waals surface area contributed by atoms with Gasteiger partial charge in [0.1, 0.15) is 0 Å². The predicted molar refractivity (Wildman–Crippen MR) is 138 cm³/mol. The molecule has 7 rings (SSSR count). The van der Waals surface area contributed by atoms with Crippen LogP contribution >= 0.6 is 0 Å². The van der Waals surface area contributed by atoms with Crippen molar-refractivity contribution in [2.45, 2.75) is 109 Å². The van der Waals surface area contributed by atoms with Crippen LogP contribution in [0.5, 0.6) is 0 Å². The molecule has 5 aliphatic carbocycles. The van der Waals surface area contributed by atoms with Crippen molar-refractivity contribution < 1.29 is 23.0 Å². The fraction of sp³-hybridized carbons (Fsp3) is 1.00. The zero-order valence-electron chi connectivity index (χ0n) is 22.7. The lowest BCUT2D eigenvalue weighted by atomic mass is 9.46. The maximum absolute atomic E-state index is 12.5. The standard InChI is InChI=1S/C29H47NO5S/c1-26(2)24-8-7-20-22-13-23-21(6-5-19(35-23)14-30(36(4,32)33)18-15-34-16-18)27(22,3)11-12-28(20)17-29(24,28)10-9-25(26)31/h18-25,31H,5-17H2,1-4H3/t19?,20?,21?,22?,23?,24?,25-,27+,28-,29?/m0/s1. The van der Waals surface area contributed by atoms with Crippen molar-refractivity contribution in [1.29, 1.82) is 0 Å². The van der Waals surface area contributed by atoms with Crippen LogP contribution in [0.2, 0.25) is 0 Å². The predicted octanol–water partition coefficient (Wildman–Crippen LogP) is 4.21. The van der Waals surface area contributed by atoms with Crippen molar-refractivity contribution in [1.82, 2.24) is 4.31 Å². The number of rotatable bonds is 4. The third-order valence-corrected chi connectivity index (χ3v) is 14.8. The minimum Gasteiger partial charge on any atom is -0.393 e. The number of aliphatic hydroxyl groups excluding tert-OH is 1. The summed E-state index contributed by atoms with van der Waals surface area (Å²) in [6, 6.07) is -0.0237. The Balaban J connectivity index is 1.10. The molecule has 2 aliphatic heterocycles. The number of hydrogen-bond donors (Lipinski definition) is 1. The smallest absolute Gasteiger partial charge is 0.211 e. The third-order valence-electron chi connectivity index (χ3n) is 13.5. The Morgan fingerprint density at radius 3 is 2.36 bits per heavy atom. The lowest BCUT2D eigenvalue weighted by Crippen LogP contribution is -2.55. The summed E-state index contributed by atoms with van der Waals surface area (Å²) in [5.74, 6) is 2.84. The van der Waals surface area contributed by atoms with Crippen molar-refractivity contribution in [3.8, 4) is 0 Å². The number of sulfonamides is 1. The summed E-state index contributed by atoms with van der Waals surface area (Å²) in [6.07, 6.45) is 13.7. The maximum atomic E-state index is 12.5. The first kappa shape index (κ1) is 24.8. The topological polar surface area (TPSA) is 76.1 Å². The monoisotopic (exact) mass is 521 g/mol. The molecule has 5 saturated carbocycles. The van der Waals surface area contributed by atoms with Crippen LogP contribution in [0, 0.1) is 45.3 Å². The largest absolute Gasteiger partial charge is 0.393 e. The molecule has 1 N–H and O–H groups in total. The molecular formula is C29H47NO5S. The van der Waals surface area contributed by atoms with E-state index < -0.39 is 10.0 Å². The molecule has 7 unspecified atom stereocenters. The van der Waals surface area contributed by atoms with E-state index in [1.54, 1.807) is 4.31 Å². The summed E-state index contributed by atoms with van der Waals surface area (Å²) in [4.78, 5) is 0. The van der Waals surface area contributed by atoms with Crippen molar-refractivity contribution in [2.24, 2.45) is 45.3 Å². The Bertz CT molecular complexity index is 1030. The molecule has 0 bridgehead atoms. The van der Waals surface area contributed by atoms with Crippen LogP contribution in [-0.4, -0.2) is 68.2 Å². The van der Waals surface area contributed by atoms with E-state index in [1.165, 1.54) is 57.6 Å². The Morgan fingerprint density at radius 2 is 1.67 bits per heavy atom. The van der Waals surface area contributed by atoms with E-state index >= 15 is 0 Å². The van der Waals surface area contributed by atoms with E-state index in [2.05, 4.69) is 20.8 Å². The molecule has 204 valence electrons. The van der Waals surface area contributed by atoms with Gasteiger partial charge in [-0.1, -0.05) is 20.8 Å². The van der Waals surface area contributed by atoms with Gasteiger partial charge in [-0.25, -0.2) is 8.42 Å². The van der Waals surface area contributed by atoms with Gasteiger partial charge in [-0.2, -0.15) is 4.31 Å². The van der Waals surface area contributed by atoms with Crippen molar-refractivity contribution >= 4 is 10.0 Å². The second-order valence-electron chi connectivity index (χ2n) is 15.0. The van der Waals surface area contributed by atoms with Crippen LogP contribution in [0.3, 0.4) is 0 Å². The molecule has 0 aromatic rings. The van der Waals surface area contributed by atoms with Gasteiger partial charge >= 0.3 is 0 Å². The minimum absolute atomic E-state index is 0.00271. The molecule has 2 spiro atoms. The first-order chi connectivity index (χ1) is 16.9. The van der Waals surface area contributed by atoms with E-state index in [0.717, 1.165) is 24.7 Å². The van der Waals surface area contributed by atoms with Gasteiger partial charge in [0.2, 0.25) is 10.0 Å². The van der Waals surface area contributed by atoms with E-state index in [-0.39, 0.29) is 29.8 Å². The Hall–Kier alpha value is -0.210. The van der Waals surface area contributed by atoms with Gasteiger partial charge in [0, 0.05) is 6.54 Å². The van der Waals surface area contributed by atoms with Gasteiger partial charge in [-0.3, -0.25) is 0 Å². The van der Waals surface area contributed by atoms with Gasteiger partial charge in [0.25, 0.3) is 0 Å². The third kappa shape index (κ3) is 3.13. The first-order valence-corrected chi connectivity index (χ1v) is 16.7. The number of ether oxygens (including phenoxy) is 2. The normalized spacial score (nSPS) is 53.4. The van der Waals surface area contributed by atoms with E-state index in [1.807, 2.05) is 0 Å².